The molecule has 0 aliphatic carbocycles. The summed E-state index contributed by atoms with van der Waals surface area (Å²) in [6.45, 7) is -0.429. The first-order chi connectivity index (χ1) is 13.1. The zero-order valence-corrected chi connectivity index (χ0v) is 15.6. The molecule has 0 spiro atoms. The van der Waals surface area contributed by atoms with Crippen LogP contribution >= 0.6 is 15.9 Å². The summed E-state index contributed by atoms with van der Waals surface area (Å²) in [4.78, 5) is 19.1. The summed E-state index contributed by atoms with van der Waals surface area (Å²) in [5, 5.41) is 19.5. The molecule has 0 radical (unpaired) electrons. The number of nitrogens with zero attached hydrogens (tertiary/aromatic N) is 2. The smallest absolute Gasteiger partial charge is 0.331 e. The average Bonchev–Trinajstić information content (AvgIpc) is 3.09. The van der Waals surface area contributed by atoms with Crippen molar-refractivity contribution in [3.8, 4) is 6.07 Å². The Morgan fingerprint density at radius 2 is 2.11 bits per heavy atom. The quantitative estimate of drug-likeness (QED) is 0.274. The second-order valence-corrected chi connectivity index (χ2v) is 6.45. The first-order valence-electron chi connectivity index (χ1n) is 7.94. The van der Waals surface area contributed by atoms with Crippen molar-refractivity contribution in [3.05, 3.63) is 76.2 Å². The zero-order valence-electron chi connectivity index (χ0n) is 14.0. The van der Waals surface area contributed by atoms with Crippen molar-refractivity contribution in [2.24, 2.45) is 0 Å². The van der Waals surface area contributed by atoms with Gasteiger partial charge in [0, 0.05) is 10.5 Å². The maximum absolute atomic E-state index is 11.8. The summed E-state index contributed by atoms with van der Waals surface area (Å²) in [6.07, 6.45) is 2.85. The number of hydrogen-bond donors (Lipinski definition) is 2. The monoisotopic (exact) mass is 423 g/mol. The number of carbonyl (C=O) groups is 1. The molecule has 7 heteroatoms. The van der Waals surface area contributed by atoms with Crippen molar-refractivity contribution in [1.82, 2.24) is 9.97 Å². The van der Waals surface area contributed by atoms with Gasteiger partial charge < -0.3 is 14.8 Å². The Kier molecular flexibility index (Phi) is 5.69. The van der Waals surface area contributed by atoms with Crippen molar-refractivity contribution < 1.29 is 14.6 Å². The van der Waals surface area contributed by atoms with Gasteiger partial charge in [-0.2, -0.15) is 5.26 Å². The van der Waals surface area contributed by atoms with Crippen LogP contribution in [0.4, 0.5) is 0 Å². The van der Waals surface area contributed by atoms with Gasteiger partial charge in [-0.05, 0) is 35.9 Å². The van der Waals surface area contributed by atoms with Crippen LogP contribution in [-0.2, 0) is 9.53 Å². The molecule has 1 aromatic heterocycles. The molecule has 2 N–H and O–H groups in total. The molecule has 27 heavy (non-hydrogen) atoms. The highest BCUT2D eigenvalue weighted by molar-refractivity contribution is 9.10. The predicted molar refractivity (Wildman–Crippen MR) is 105 cm³/mol. The Morgan fingerprint density at radius 1 is 1.30 bits per heavy atom. The van der Waals surface area contributed by atoms with Crippen molar-refractivity contribution in [2.45, 2.75) is 0 Å². The normalized spacial score (nSPS) is 12.0. The fraction of sp³-hybridized carbons (Fsp3) is 0.0500. The number of nitrogens with one attached hydrogen (secondary N) is 1. The van der Waals surface area contributed by atoms with E-state index < -0.39 is 12.6 Å². The number of aromatic amines is 1. The van der Waals surface area contributed by atoms with E-state index in [1.165, 1.54) is 6.08 Å². The van der Waals surface area contributed by atoms with Crippen molar-refractivity contribution >= 4 is 44.6 Å². The van der Waals surface area contributed by atoms with E-state index in [1.54, 1.807) is 12.1 Å². The largest absolute Gasteiger partial charge is 0.507 e. The molecule has 0 amide bonds. The molecule has 0 aliphatic rings. The number of fused-ring (bicyclic) bond motifs is 1. The first kappa shape index (κ1) is 18.4. The topological polar surface area (TPSA) is 99.0 Å². The number of aliphatic hydroxyl groups is 1. The van der Waals surface area contributed by atoms with Gasteiger partial charge in [0.05, 0.1) is 11.0 Å². The highest BCUT2D eigenvalue weighted by Gasteiger charge is 2.14. The number of H-pyrrole nitrogens is 1. The number of carbonyl (C=O) groups excluding carboxylic acids is 1. The molecule has 0 aliphatic heterocycles. The summed E-state index contributed by atoms with van der Waals surface area (Å²) < 4.78 is 5.89. The lowest BCUT2D eigenvalue weighted by atomic mass is 10.2. The van der Waals surface area contributed by atoms with E-state index in [0.717, 1.165) is 15.6 Å². The molecule has 0 bridgehead atoms. The fourth-order valence-electron chi connectivity index (χ4n) is 2.36. The van der Waals surface area contributed by atoms with E-state index in [4.69, 9.17) is 4.74 Å². The van der Waals surface area contributed by atoms with Crippen LogP contribution in [0.2, 0.25) is 0 Å². The summed E-state index contributed by atoms with van der Waals surface area (Å²) >= 11 is 3.35. The van der Waals surface area contributed by atoms with Gasteiger partial charge in [0.1, 0.15) is 18.2 Å². The molecular formula is C20H14BrN3O3. The summed E-state index contributed by atoms with van der Waals surface area (Å²) in [5.74, 6) is -0.791. The van der Waals surface area contributed by atoms with Crippen molar-refractivity contribution in [3.63, 3.8) is 0 Å². The lowest BCUT2D eigenvalue weighted by Gasteiger charge is -2.03. The van der Waals surface area contributed by atoms with Crippen LogP contribution in [0.25, 0.3) is 22.7 Å². The maximum atomic E-state index is 11.8. The van der Waals surface area contributed by atoms with E-state index in [0.29, 0.717) is 5.52 Å². The van der Waals surface area contributed by atoms with Crippen molar-refractivity contribution in [2.75, 3.05) is 6.61 Å². The van der Waals surface area contributed by atoms with E-state index >= 15 is 0 Å². The summed E-state index contributed by atoms with van der Waals surface area (Å²) in [5.41, 5.74) is 2.15. The number of hydrogen-bond acceptors (Lipinski definition) is 5. The highest BCUT2D eigenvalue weighted by atomic mass is 79.9. The fourth-order valence-corrected chi connectivity index (χ4v) is 2.78. The van der Waals surface area contributed by atoms with Crippen molar-refractivity contribution in [1.29, 1.82) is 5.26 Å². The molecule has 0 fully saturated rings. The number of allylic oxidation sites excluding steroid dienone is 1. The molecule has 134 valence electrons. The zero-order chi connectivity index (χ0) is 19.2. The van der Waals surface area contributed by atoms with E-state index in [2.05, 4.69) is 25.9 Å². The van der Waals surface area contributed by atoms with Gasteiger partial charge in [-0.15, -0.1) is 0 Å². The van der Waals surface area contributed by atoms with Gasteiger partial charge in [-0.3, -0.25) is 0 Å². The molecule has 0 atom stereocenters. The lowest BCUT2D eigenvalue weighted by Crippen LogP contribution is -2.06. The first-order valence-corrected chi connectivity index (χ1v) is 8.74. The number of esters is 1. The Morgan fingerprint density at radius 3 is 2.85 bits per heavy atom. The third kappa shape index (κ3) is 4.63. The number of halogens is 1. The molecule has 0 unspecified atom stereocenters. The number of aromatic nitrogens is 2. The van der Waals surface area contributed by atoms with Gasteiger partial charge in [0.15, 0.2) is 11.6 Å². The summed E-state index contributed by atoms with van der Waals surface area (Å²) in [6, 6.07) is 16.5. The van der Waals surface area contributed by atoms with Gasteiger partial charge in [0.25, 0.3) is 0 Å². The van der Waals surface area contributed by atoms with E-state index in [9.17, 15) is 15.2 Å². The Bertz CT molecular complexity index is 1060. The van der Waals surface area contributed by atoms with E-state index in [-0.39, 0.29) is 17.2 Å². The number of imidazole rings is 1. The number of benzene rings is 2. The molecule has 3 rings (SSSR count). The molecular weight excluding hydrogens is 410 g/mol. The van der Waals surface area contributed by atoms with Crippen LogP contribution in [0.5, 0.6) is 0 Å². The molecule has 0 saturated heterocycles. The average molecular weight is 424 g/mol. The number of rotatable bonds is 5. The molecule has 3 aromatic rings. The second kappa shape index (κ2) is 8.34. The summed E-state index contributed by atoms with van der Waals surface area (Å²) in [7, 11) is 0. The number of nitriles is 1. The standard InChI is InChI=1S/C20H14BrN3O3/c21-14-5-3-4-13(10-14)8-9-19(26)27-12-18(25)15(11-22)20-23-16-6-1-2-7-17(16)24-20/h1-10,25H,12H2,(H,23,24). The Labute approximate surface area is 163 Å². The Balaban J connectivity index is 1.69. The van der Waals surface area contributed by atoms with Gasteiger partial charge in [-0.25, -0.2) is 9.78 Å². The highest BCUT2D eigenvalue weighted by Crippen LogP contribution is 2.19. The van der Waals surface area contributed by atoms with Crippen LogP contribution in [0.15, 0.2) is 64.8 Å². The molecule has 6 nitrogen and oxygen atoms in total. The SMILES string of the molecule is N#CC(=C(O)COC(=O)C=Cc1cccc(Br)c1)c1nc2ccccc2[nH]1. The van der Waals surface area contributed by atoms with Gasteiger partial charge >= 0.3 is 5.97 Å². The second-order valence-electron chi connectivity index (χ2n) is 5.53. The minimum Gasteiger partial charge on any atom is -0.507 e. The molecule has 2 aromatic carbocycles. The number of para-hydroxylation sites is 2. The molecule has 1 heterocycles. The Hall–Kier alpha value is -3.37. The lowest BCUT2D eigenvalue weighted by molar-refractivity contribution is -0.137. The van der Waals surface area contributed by atoms with Crippen LogP contribution in [0.3, 0.4) is 0 Å². The number of ether oxygens (including phenoxy) is 1. The molecule has 0 saturated carbocycles. The minimum atomic E-state index is -0.636. The van der Waals surface area contributed by atoms with Crippen LogP contribution in [0, 0.1) is 11.3 Å². The minimum absolute atomic E-state index is 0.0741. The van der Waals surface area contributed by atoms with Crippen LogP contribution in [0.1, 0.15) is 11.4 Å². The van der Waals surface area contributed by atoms with Crippen LogP contribution in [-0.4, -0.2) is 27.7 Å². The third-order valence-corrected chi connectivity index (χ3v) is 4.13. The maximum Gasteiger partial charge on any atom is 0.331 e. The van der Waals surface area contributed by atoms with Gasteiger partial charge in [0.2, 0.25) is 0 Å². The van der Waals surface area contributed by atoms with Gasteiger partial charge in [-0.1, -0.05) is 40.2 Å². The predicted octanol–water partition coefficient (Wildman–Crippen LogP) is 4.37. The number of aliphatic hydroxyl groups excluding tert-OH is 1. The van der Waals surface area contributed by atoms with Crippen LogP contribution < -0.4 is 0 Å². The van der Waals surface area contributed by atoms with E-state index in [1.807, 2.05) is 48.5 Å². The third-order valence-electron chi connectivity index (χ3n) is 3.64.